The molecule has 0 saturated carbocycles. The van der Waals surface area contributed by atoms with Crippen LogP contribution >= 0.6 is 0 Å². The zero-order chi connectivity index (χ0) is 40.0. The number of methoxy groups -OCH3 is 1. The summed E-state index contributed by atoms with van der Waals surface area (Å²) in [6.07, 6.45) is -3.09. The fourth-order valence-electron chi connectivity index (χ4n) is 7.81. The third-order valence-corrected chi connectivity index (χ3v) is 10.7. The van der Waals surface area contributed by atoms with Crippen molar-refractivity contribution in [2.24, 2.45) is 0 Å². The second-order valence-electron chi connectivity index (χ2n) is 14.7. The van der Waals surface area contributed by atoms with E-state index in [0.717, 1.165) is 27.8 Å². The number of benzene rings is 6. The summed E-state index contributed by atoms with van der Waals surface area (Å²) in [6.45, 7) is 1.70. The Morgan fingerprint density at radius 2 is 1.17 bits per heavy atom. The van der Waals surface area contributed by atoms with E-state index in [2.05, 4.69) is 0 Å². The molecule has 0 N–H and O–H groups in total. The van der Waals surface area contributed by atoms with Crippen LogP contribution in [0.2, 0.25) is 0 Å². The normalized spacial score (nSPS) is 19.4. The van der Waals surface area contributed by atoms with Crippen molar-refractivity contribution >= 4 is 11.0 Å². The molecule has 0 unspecified atom stereocenters. The predicted octanol–water partition coefficient (Wildman–Crippen LogP) is 9.64. The summed E-state index contributed by atoms with van der Waals surface area (Å²) >= 11 is 0. The average molecular weight is 789 g/mol. The van der Waals surface area contributed by atoms with Gasteiger partial charge in [0.25, 0.3) is 0 Å². The zero-order valence-corrected chi connectivity index (χ0v) is 32.6. The minimum Gasteiger partial charge on any atom is -0.495 e. The number of hydrogen-bond donors (Lipinski definition) is 0. The van der Waals surface area contributed by atoms with Gasteiger partial charge in [-0.1, -0.05) is 121 Å². The molecule has 0 bridgehead atoms. The molecule has 2 aliphatic rings. The Labute approximate surface area is 342 Å². The van der Waals surface area contributed by atoms with Gasteiger partial charge in [0, 0.05) is 17.7 Å². The number of hydrogen-bond acceptors (Lipinski definition) is 9. The molecule has 7 aromatic rings. The van der Waals surface area contributed by atoms with Crippen LogP contribution in [0.25, 0.3) is 22.3 Å². The third-order valence-electron chi connectivity index (χ3n) is 10.7. The molecule has 9 heteroatoms. The van der Waals surface area contributed by atoms with Gasteiger partial charge in [0.2, 0.25) is 0 Å². The maximum absolute atomic E-state index is 14.1. The van der Waals surface area contributed by atoms with Gasteiger partial charge < -0.3 is 37.6 Å². The quantitative estimate of drug-likeness (QED) is 0.101. The first-order valence-electron chi connectivity index (χ1n) is 19.8. The Morgan fingerprint density at radius 3 is 1.76 bits per heavy atom. The summed E-state index contributed by atoms with van der Waals surface area (Å²) in [4.78, 5) is 14.1. The van der Waals surface area contributed by atoms with Crippen LogP contribution in [0.15, 0.2) is 167 Å². The second kappa shape index (κ2) is 17.7. The average Bonchev–Trinajstić information content (AvgIpc) is 3.65. The van der Waals surface area contributed by atoms with Gasteiger partial charge in [-0.15, -0.1) is 0 Å². The molecular formula is C50H44O9. The molecule has 298 valence electrons. The molecule has 9 rings (SSSR count). The topological polar surface area (TPSA) is 94.8 Å². The van der Waals surface area contributed by atoms with Crippen LogP contribution in [0.4, 0.5) is 0 Å². The molecule has 0 radical (unpaired) electrons. The van der Waals surface area contributed by atoms with Crippen molar-refractivity contribution in [2.45, 2.75) is 56.9 Å². The molecule has 9 nitrogen and oxygen atoms in total. The fourth-order valence-corrected chi connectivity index (χ4v) is 7.81. The summed E-state index contributed by atoms with van der Waals surface area (Å²) < 4.78 is 52.1. The van der Waals surface area contributed by atoms with E-state index in [0.29, 0.717) is 66.0 Å². The number of rotatable bonds is 15. The highest BCUT2D eigenvalue weighted by Gasteiger charge is 2.54. The first kappa shape index (κ1) is 38.3. The van der Waals surface area contributed by atoms with Crippen molar-refractivity contribution in [3.8, 4) is 28.6 Å². The Hall–Kier alpha value is -6.23. The van der Waals surface area contributed by atoms with Crippen LogP contribution in [-0.2, 0) is 45.4 Å². The molecule has 1 aromatic heterocycles. The molecule has 0 aliphatic carbocycles. The van der Waals surface area contributed by atoms with Gasteiger partial charge in [-0.2, -0.15) is 0 Å². The van der Waals surface area contributed by atoms with E-state index in [1.54, 1.807) is 13.2 Å². The molecular weight excluding hydrogens is 745 g/mol. The Morgan fingerprint density at radius 1 is 0.610 bits per heavy atom. The van der Waals surface area contributed by atoms with Gasteiger partial charge in [-0.3, -0.25) is 4.79 Å². The highest BCUT2D eigenvalue weighted by atomic mass is 16.6. The van der Waals surface area contributed by atoms with Crippen molar-refractivity contribution in [3.05, 3.63) is 196 Å². The van der Waals surface area contributed by atoms with Gasteiger partial charge in [0.1, 0.15) is 65.0 Å². The molecule has 6 aromatic carbocycles. The minimum absolute atomic E-state index is 0.218. The summed E-state index contributed by atoms with van der Waals surface area (Å²) in [5.41, 5.74) is 5.54. The van der Waals surface area contributed by atoms with Crippen molar-refractivity contribution in [1.29, 1.82) is 0 Å². The monoisotopic (exact) mass is 788 g/mol. The lowest BCUT2D eigenvalue weighted by Crippen LogP contribution is -2.57. The highest BCUT2D eigenvalue weighted by Crippen LogP contribution is 2.52. The molecule has 3 heterocycles. The van der Waals surface area contributed by atoms with Crippen molar-refractivity contribution < 1.29 is 37.6 Å². The van der Waals surface area contributed by atoms with Gasteiger partial charge in [0.05, 0.1) is 39.1 Å². The van der Waals surface area contributed by atoms with Crippen LogP contribution < -0.4 is 19.6 Å². The van der Waals surface area contributed by atoms with Crippen LogP contribution in [0.1, 0.15) is 33.9 Å². The Kier molecular flexibility index (Phi) is 11.5. The highest BCUT2D eigenvalue weighted by molar-refractivity contribution is 5.89. The van der Waals surface area contributed by atoms with E-state index >= 15 is 0 Å². The minimum atomic E-state index is -0.672. The molecule has 1 fully saturated rings. The maximum atomic E-state index is 14.1. The first-order valence-corrected chi connectivity index (χ1v) is 19.8. The molecule has 59 heavy (non-hydrogen) atoms. The van der Waals surface area contributed by atoms with E-state index in [-0.39, 0.29) is 12.0 Å². The van der Waals surface area contributed by atoms with E-state index in [1.165, 1.54) is 6.07 Å². The third kappa shape index (κ3) is 8.51. The van der Waals surface area contributed by atoms with Crippen LogP contribution in [-0.4, -0.2) is 38.1 Å². The maximum Gasteiger partial charge on any atom is 0.197 e. The number of fused-ring (bicyclic) bond motifs is 4. The lowest BCUT2D eigenvalue weighted by atomic mass is 9.91. The van der Waals surface area contributed by atoms with Gasteiger partial charge in [0.15, 0.2) is 11.5 Å². The first-order chi connectivity index (χ1) is 29.1. The largest absolute Gasteiger partial charge is 0.495 e. The molecule has 0 amide bonds. The van der Waals surface area contributed by atoms with Crippen LogP contribution in [0.3, 0.4) is 0 Å². The molecule has 5 atom stereocenters. The lowest BCUT2D eigenvalue weighted by molar-refractivity contribution is -0.250. The Bertz CT molecular complexity index is 2510. The lowest BCUT2D eigenvalue weighted by Gasteiger charge is -2.43. The summed E-state index contributed by atoms with van der Waals surface area (Å²) in [6, 6.07) is 50.7. The summed E-state index contributed by atoms with van der Waals surface area (Å²) in [7, 11) is 1.54. The van der Waals surface area contributed by atoms with E-state index in [1.807, 2.05) is 146 Å². The zero-order valence-electron chi connectivity index (χ0n) is 32.6. The van der Waals surface area contributed by atoms with Crippen LogP contribution in [0.5, 0.6) is 17.2 Å². The van der Waals surface area contributed by atoms with Gasteiger partial charge >= 0.3 is 0 Å². The molecule has 1 saturated heterocycles. The van der Waals surface area contributed by atoms with E-state index < -0.39 is 30.5 Å². The predicted molar refractivity (Wildman–Crippen MR) is 223 cm³/mol. The van der Waals surface area contributed by atoms with Gasteiger partial charge in [-0.25, -0.2) is 0 Å². The smallest absolute Gasteiger partial charge is 0.197 e. The fraction of sp³-hybridized carbons (Fsp3) is 0.220. The molecule has 0 spiro atoms. The number of ether oxygens (including phenoxy) is 7. The van der Waals surface area contributed by atoms with Crippen molar-refractivity contribution in [2.75, 3.05) is 13.7 Å². The van der Waals surface area contributed by atoms with Crippen LogP contribution in [0, 0.1) is 0 Å². The van der Waals surface area contributed by atoms with Crippen molar-refractivity contribution in [3.63, 3.8) is 0 Å². The second-order valence-corrected chi connectivity index (χ2v) is 14.7. The summed E-state index contributed by atoms with van der Waals surface area (Å²) in [5.74, 6) is 1.93. The summed E-state index contributed by atoms with van der Waals surface area (Å²) in [5, 5.41) is 0.298. The van der Waals surface area contributed by atoms with E-state index in [9.17, 15) is 4.79 Å². The van der Waals surface area contributed by atoms with Crippen molar-refractivity contribution in [1.82, 2.24) is 0 Å². The standard InChI is InChI=1S/C50H44O9/c1-52-47-44-39(51)26-40(37-22-24-38(25-23-37)54-29-34-16-8-3-9-17-34)57-41(44)27-42-45(47)48-50(58-42)49(56-31-36-20-12-5-13-21-36)46(55-30-35-18-10-4-11-19-35)43(59-48)32-53-28-33-14-6-2-7-15-33/h2-27,43,46,48-50H,28-32H2,1H3/t43-,46-,48+,49+,50-/m1/s1. The Balaban J connectivity index is 1.05. The SMILES string of the molecule is COc1c2c(cc3oc(-c4ccc(OCc5ccccc5)cc4)cc(=O)c13)O[C@H]1[C@@H](OCc3ccccc3)[C@H](OCc3ccccc3)[C@@H](COCc3ccccc3)O[C@@H]21. The van der Waals surface area contributed by atoms with Gasteiger partial charge in [-0.05, 0) is 46.5 Å². The van der Waals surface area contributed by atoms with E-state index in [4.69, 9.17) is 37.6 Å². The molecule has 2 aliphatic heterocycles.